The fourth-order valence-electron chi connectivity index (χ4n) is 5.97. The fraction of sp³-hybridized carbons (Fsp3) is 0.533. The van der Waals surface area contributed by atoms with Gasteiger partial charge in [-0.15, -0.1) is 5.73 Å². The van der Waals surface area contributed by atoms with Gasteiger partial charge in [-0.05, 0) is 74.8 Å². The van der Waals surface area contributed by atoms with Crippen molar-refractivity contribution < 1.29 is 27.1 Å². The van der Waals surface area contributed by atoms with Crippen molar-refractivity contribution >= 4 is 33.2 Å². The summed E-state index contributed by atoms with van der Waals surface area (Å²) in [5, 5.41) is 11.3. The first-order valence-corrected chi connectivity index (χ1v) is 15.8. The van der Waals surface area contributed by atoms with Gasteiger partial charge < -0.3 is 14.9 Å². The maximum atomic E-state index is 15.0. The number of sulfonamides is 1. The SMILES string of the molecule is C/C=C\C=C/C1=C=CCC(F)(F)[C@]1(O)C(=O)N1CCC(C2CCN(c3ccc(S(=O)(=O)N(C)C)c(Cl)c3)CC2)CC1. The molecule has 0 bridgehead atoms. The summed E-state index contributed by atoms with van der Waals surface area (Å²) in [7, 11) is -0.699. The first kappa shape index (κ1) is 31.4. The lowest BCUT2D eigenvalue weighted by molar-refractivity contribution is -0.189. The number of amides is 1. The van der Waals surface area contributed by atoms with E-state index in [4.69, 9.17) is 11.6 Å². The third-order valence-corrected chi connectivity index (χ3v) is 10.8. The molecule has 1 aromatic rings. The Kier molecular flexibility index (Phi) is 9.51. The Morgan fingerprint density at radius 1 is 1.10 bits per heavy atom. The molecule has 2 fully saturated rings. The third-order valence-electron chi connectivity index (χ3n) is 8.48. The average Bonchev–Trinajstić information content (AvgIpc) is 2.95. The highest BCUT2D eigenvalue weighted by molar-refractivity contribution is 7.89. The molecule has 224 valence electrons. The van der Waals surface area contributed by atoms with Crippen molar-refractivity contribution in [1.29, 1.82) is 0 Å². The topological polar surface area (TPSA) is 81.2 Å². The largest absolute Gasteiger partial charge is 0.371 e. The van der Waals surface area contributed by atoms with Crippen LogP contribution in [0.25, 0.3) is 0 Å². The number of piperidine rings is 2. The quantitative estimate of drug-likeness (QED) is 0.347. The molecule has 1 amide bonds. The first-order chi connectivity index (χ1) is 19.3. The second kappa shape index (κ2) is 12.4. The molecule has 2 saturated heterocycles. The van der Waals surface area contributed by atoms with Crippen molar-refractivity contribution in [1.82, 2.24) is 9.21 Å². The van der Waals surface area contributed by atoms with Gasteiger partial charge in [-0.25, -0.2) is 21.5 Å². The van der Waals surface area contributed by atoms with Crippen LogP contribution in [0.15, 0.2) is 64.8 Å². The molecule has 41 heavy (non-hydrogen) atoms. The molecule has 1 aromatic carbocycles. The molecule has 0 aromatic heterocycles. The van der Waals surface area contributed by atoms with Crippen LogP contribution in [0, 0.1) is 11.8 Å². The molecule has 11 heteroatoms. The Bertz CT molecular complexity index is 1370. The molecule has 7 nitrogen and oxygen atoms in total. The van der Waals surface area contributed by atoms with E-state index >= 15 is 8.78 Å². The number of likely N-dealkylation sites (tertiary alicyclic amines) is 1. The van der Waals surface area contributed by atoms with Crippen LogP contribution in [0.5, 0.6) is 0 Å². The molecule has 3 aliphatic rings. The van der Waals surface area contributed by atoms with Gasteiger partial charge in [-0.2, -0.15) is 0 Å². The number of aliphatic hydroxyl groups is 1. The van der Waals surface area contributed by atoms with Crippen LogP contribution in [0.3, 0.4) is 0 Å². The normalized spacial score (nSPS) is 24.5. The van der Waals surface area contributed by atoms with Crippen LogP contribution in [0.4, 0.5) is 14.5 Å². The van der Waals surface area contributed by atoms with Crippen molar-refractivity contribution in [2.45, 2.75) is 55.4 Å². The van der Waals surface area contributed by atoms with Gasteiger partial charge in [0, 0.05) is 58.0 Å². The summed E-state index contributed by atoms with van der Waals surface area (Å²) >= 11 is 6.35. The fourth-order valence-corrected chi connectivity index (χ4v) is 7.37. The Balaban J connectivity index is 1.36. The minimum Gasteiger partial charge on any atom is -0.371 e. The van der Waals surface area contributed by atoms with Crippen molar-refractivity contribution in [2.75, 3.05) is 45.2 Å². The predicted molar refractivity (Wildman–Crippen MR) is 157 cm³/mol. The molecule has 0 unspecified atom stereocenters. The van der Waals surface area contributed by atoms with E-state index in [1.165, 1.54) is 37.2 Å². The highest BCUT2D eigenvalue weighted by Crippen LogP contribution is 2.43. The van der Waals surface area contributed by atoms with Crippen LogP contribution < -0.4 is 4.90 Å². The van der Waals surface area contributed by atoms with Gasteiger partial charge in [0.05, 0.1) is 5.02 Å². The zero-order valence-corrected chi connectivity index (χ0v) is 25.3. The maximum absolute atomic E-state index is 15.0. The van der Waals surface area contributed by atoms with Crippen LogP contribution in [0.1, 0.15) is 39.0 Å². The number of alkyl halides is 2. The zero-order valence-electron chi connectivity index (χ0n) is 23.7. The monoisotopic (exact) mass is 609 g/mol. The summed E-state index contributed by atoms with van der Waals surface area (Å²) < 4.78 is 56.1. The number of benzene rings is 1. The average molecular weight is 610 g/mol. The van der Waals surface area contributed by atoms with Crippen LogP contribution in [0.2, 0.25) is 5.02 Å². The van der Waals surface area contributed by atoms with E-state index in [1.807, 2.05) is 0 Å². The highest BCUT2D eigenvalue weighted by atomic mass is 35.5. The van der Waals surface area contributed by atoms with Gasteiger partial charge >= 0.3 is 0 Å². The number of nitrogens with zero attached hydrogens (tertiary/aromatic N) is 3. The van der Waals surface area contributed by atoms with Gasteiger partial charge in [0.1, 0.15) is 4.90 Å². The molecule has 0 spiro atoms. The highest BCUT2D eigenvalue weighted by Gasteiger charge is 2.62. The Morgan fingerprint density at radius 2 is 1.71 bits per heavy atom. The molecule has 1 aliphatic carbocycles. The molecule has 0 saturated carbocycles. The van der Waals surface area contributed by atoms with Gasteiger partial charge in [0.25, 0.3) is 11.8 Å². The van der Waals surface area contributed by atoms with Crippen molar-refractivity contribution in [3.8, 4) is 0 Å². The number of carbonyl (C=O) groups is 1. The van der Waals surface area contributed by atoms with E-state index in [9.17, 15) is 18.3 Å². The lowest BCUT2D eigenvalue weighted by Gasteiger charge is -2.44. The van der Waals surface area contributed by atoms with Gasteiger partial charge in [-0.1, -0.05) is 29.8 Å². The van der Waals surface area contributed by atoms with Crippen LogP contribution >= 0.6 is 11.6 Å². The summed E-state index contributed by atoms with van der Waals surface area (Å²) in [4.78, 5) is 17.0. The molecule has 1 atom stereocenters. The van der Waals surface area contributed by atoms with Crippen LogP contribution in [-0.2, 0) is 14.8 Å². The Morgan fingerprint density at radius 3 is 2.27 bits per heavy atom. The molecular formula is C30H38ClF2N3O4S. The molecule has 4 rings (SSSR count). The van der Waals surface area contributed by atoms with Gasteiger partial charge in [0.15, 0.2) is 0 Å². The molecular weight excluding hydrogens is 572 g/mol. The third kappa shape index (κ3) is 6.18. The standard InChI is InChI=1S/C30H38ClF2N3O4S/c1-4-5-6-8-24-9-7-16-29(32,33)30(24,38)28(37)36-19-14-23(15-20-36)22-12-17-35(18-13-22)25-10-11-27(26(31)21-25)41(39,40)34(2)3/h4-8,10-11,21-23,38H,12-20H2,1-3H3/b5-4-,8-6-/t30-/m1/s1. The number of halogens is 3. The Labute approximate surface area is 246 Å². The summed E-state index contributed by atoms with van der Waals surface area (Å²) in [6.07, 6.45) is 9.84. The number of carbonyl (C=O) groups excluding carboxylic acids is 1. The van der Waals surface area contributed by atoms with Gasteiger partial charge in [0.2, 0.25) is 15.6 Å². The summed E-state index contributed by atoms with van der Waals surface area (Å²) in [6.45, 7) is 3.98. The minimum absolute atomic E-state index is 0.0761. The summed E-state index contributed by atoms with van der Waals surface area (Å²) in [5.74, 6) is -3.82. The van der Waals surface area contributed by atoms with E-state index in [0.29, 0.717) is 37.8 Å². The smallest absolute Gasteiger partial charge is 0.294 e. The Hall–Kier alpha value is -2.49. The first-order valence-electron chi connectivity index (χ1n) is 13.9. The van der Waals surface area contributed by atoms with E-state index in [0.717, 1.165) is 35.9 Å². The van der Waals surface area contributed by atoms with E-state index < -0.39 is 33.9 Å². The van der Waals surface area contributed by atoms with Crippen molar-refractivity contribution in [3.05, 3.63) is 64.9 Å². The number of allylic oxidation sites excluding steroid dienone is 3. The predicted octanol–water partition coefficient (Wildman–Crippen LogP) is 5.03. The number of hydrogen-bond donors (Lipinski definition) is 1. The van der Waals surface area contributed by atoms with E-state index in [-0.39, 0.29) is 15.5 Å². The lowest BCUT2D eigenvalue weighted by Crippen LogP contribution is -2.62. The summed E-state index contributed by atoms with van der Waals surface area (Å²) in [5.41, 5.74) is 0.393. The van der Waals surface area contributed by atoms with Crippen LogP contribution in [-0.4, -0.2) is 80.4 Å². The second-order valence-electron chi connectivity index (χ2n) is 11.1. The van der Waals surface area contributed by atoms with E-state index in [2.05, 4.69) is 10.6 Å². The lowest BCUT2D eigenvalue weighted by atomic mass is 9.77. The molecule has 2 heterocycles. The van der Waals surface area contributed by atoms with E-state index in [1.54, 1.807) is 37.3 Å². The molecule has 2 aliphatic heterocycles. The number of rotatable bonds is 7. The molecule has 1 N–H and O–H groups in total. The van der Waals surface area contributed by atoms with Crippen molar-refractivity contribution in [3.63, 3.8) is 0 Å². The number of anilines is 1. The summed E-state index contributed by atoms with van der Waals surface area (Å²) in [6, 6.07) is 5.02. The minimum atomic E-state index is -3.63. The number of hydrogen-bond acceptors (Lipinski definition) is 5. The molecule has 0 radical (unpaired) electrons. The zero-order chi connectivity index (χ0) is 30.0. The second-order valence-corrected chi connectivity index (χ2v) is 13.6. The maximum Gasteiger partial charge on any atom is 0.294 e. The van der Waals surface area contributed by atoms with Crippen molar-refractivity contribution in [2.24, 2.45) is 11.8 Å². The van der Waals surface area contributed by atoms with Gasteiger partial charge in [-0.3, -0.25) is 4.79 Å².